The highest BCUT2D eigenvalue weighted by Crippen LogP contribution is 2.27. The number of aromatic nitrogens is 3. The summed E-state index contributed by atoms with van der Waals surface area (Å²) in [5.41, 5.74) is 2.17. The van der Waals surface area contributed by atoms with Gasteiger partial charge < -0.3 is 9.26 Å². The van der Waals surface area contributed by atoms with Gasteiger partial charge in [0.05, 0.1) is 29.9 Å². The molecule has 180 valence electrons. The van der Waals surface area contributed by atoms with Crippen LogP contribution in [0, 0.1) is 6.92 Å². The lowest BCUT2D eigenvalue weighted by Gasteiger charge is -2.25. The number of imidazole rings is 1. The van der Waals surface area contributed by atoms with Crippen molar-refractivity contribution in [1.82, 2.24) is 18.0 Å². The number of hydrogen-bond donors (Lipinski definition) is 0. The zero-order valence-electron chi connectivity index (χ0n) is 19.4. The molecule has 2 aromatic carbocycles. The Bertz CT molecular complexity index is 1510. The van der Waals surface area contributed by atoms with Gasteiger partial charge in [0.2, 0.25) is 0 Å². The van der Waals surface area contributed by atoms with Crippen LogP contribution in [0.2, 0.25) is 0 Å². The van der Waals surface area contributed by atoms with E-state index < -0.39 is 15.9 Å². The van der Waals surface area contributed by atoms with Gasteiger partial charge in [-0.25, -0.2) is 4.79 Å². The van der Waals surface area contributed by atoms with Gasteiger partial charge in [-0.15, -0.1) is 0 Å². The summed E-state index contributed by atoms with van der Waals surface area (Å²) in [5, 5.41) is 4.75. The molecule has 5 rings (SSSR count). The molecule has 0 N–H and O–H groups in total. The lowest BCUT2D eigenvalue weighted by molar-refractivity contribution is 0.317. The third-order valence-electron chi connectivity index (χ3n) is 6.25. The first-order valence-electron chi connectivity index (χ1n) is 11.6. The topological polar surface area (TPSA) is 99.6 Å². The third kappa shape index (κ3) is 3.90. The molecule has 2 aromatic heterocycles. The van der Waals surface area contributed by atoms with Crippen molar-refractivity contribution in [1.29, 1.82) is 0 Å². The fourth-order valence-electron chi connectivity index (χ4n) is 4.50. The lowest BCUT2D eigenvalue weighted by Crippen LogP contribution is -2.43. The van der Waals surface area contributed by atoms with Crippen molar-refractivity contribution in [2.24, 2.45) is 0 Å². The molecule has 4 aromatic rings. The Kier molecular flexibility index (Phi) is 5.95. The monoisotopic (exact) mass is 484 g/mol. The number of nitrogens with zero attached hydrogens (tertiary/aromatic N) is 4. The average molecular weight is 485 g/mol. The molecule has 1 fully saturated rings. The molecule has 1 aliphatic rings. The van der Waals surface area contributed by atoms with Crippen LogP contribution in [0.5, 0.6) is 5.75 Å². The van der Waals surface area contributed by atoms with Gasteiger partial charge in [0.25, 0.3) is 0 Å². The third-order valence-corrected chi connectivity index (χ3v) is 8.08. The zero-order valence-corrected chi connectivity index (χ0v) is 20.2. The van der Waals surface area contributed by atoms with Crippen LogP contribution < -0.4 is 10.4 Å². The van der Waals surface area contributed by atoms with Crippen molar-refractivity contribution in [2.75, 3.05) is 19.7 Å². The first-order chi connectivity index (χ1) is 16.4. The van der Waals surface area contributed by atoms with Crippen LogP contribution in [0.4, 0.5) is 0 Å². The molecule has 10 heteroatoms. The molecule has 0 unspecified atom stereocenters. The van der Waals surface area contributed by atoms with Crippen molar-refractivity contribution in [3.05, 3.63) is 58.1 Å². The van der Waals surface area contributed by atoms with Crippen molar-refractivity contribution in [3.63, 3.8) is 0 Å². The van der Waals surface area contributed by atoms with Crippen LogP contribution in [0.15, 0.2) is 45.7 Å². The van der Waals surface area contributed by atoms with Gasteiger partial charge in [0, 0.05) is 24.5 Å². The van der Waals surface area contributed by atoms with E-state index in [-0.39, 0.29) is 12.1 Å². The maximum atomic E-state index is 13.7. The van der Waals surface area contributed by atoms with E-state index in [4.69, 9.17) is 9.26 Å². The van der Waals surface area contributed by atoms with Crippen molar-refractivity contribution >= 4 is 32.2 Å². The van der Waals surface area contributed by atoms with Crippen LogP contribution in [-0.2, 0) is 16.8 Å². The predicted molar refractivity (Wildman–Crippen MR) is 130 cm³/mol. The molecule has 0 spiro atoms. The molecule has 34 heavy (non-hydrogen) atoms. The highest BCUT2D eigenvalue weighted by atomic mass is 32.2. The summed E-state index contributed by atoms with van der Waals surface area (Å²) in [6, 6.07) is 10.9. The van der Waals surface area contributed by atoms with Crippen LogP contribution in [0.25, 0.3) is 22.0 Å². The van der Waals surface area contributed by atoms with E-state index in [0.717, 1.165) is 40.6 Å². The quantitative estimate of drug-likeness (QED) is 0.397. The van der Waals surface area contributed by atoms with Gasteiger partial charge in [-0.1, -0.05) is 30.6 Å². The van der Waals surface area contributed by atoms with Crippen LogP contribution in [0.1, 0.15) is 43.9 Å². The molecule has 1 saturated heterocycles. The summed E-state index contributed by atoms with van der Waals surface area (Å²) < 4.78 is 42.2. The van der Waals surface area contributed by atoms with Gasteiger partial charge in [0.1, 0.15) is 5.75 Å². The largest absolute Gasteiger partial charge is 0.494 e. The van der Waals surface area contributed by atoms with E-state index >= 15 is 0 Å². The molecule has 0 amide bonds. The maximum absolute atomic E-state index is 13.7. The van der Waals surface area contributed by atoms with E-state index in [1.807, 2.05) is 38.1 Å². The molecule has 0 saturated carbocycles. The normalized spacial score (nSPS) is 15.4. The Morgan fingerprint density at radius 2 is 1.88 bits per heavy atom. The maximum Gasteiger partial charge on any atom is 0.344 e. The summed E-state index contributed by atoms with van der Waals surface area (Å²) in [7, 11) is -4.04. The molecule has 3 heterocycles. The molecule has 1 aliphatic heterocycles. The number of ether oxygens (including phenoxy) is 1. The molecule has 0 aliphatic carbocycles. The molecular weight excluding hydrogens is 456 g/mol. The Morgan fingerprint density at radius 1 is 1.09 bits per heavy atom. The Labute approximate surface area is 197 Å². The second-order valence-corrected chi connectivity index (χ2v) is 10.5. The molecule has 0 bridgehead atoms. The van der Waals surface area contributed by atoms with E-state index in [0.29, 0.717) is 42.2 Å². The van der Waals surface area contributed by atoms with Crippen LogP contribution >= 0.6 is 0 Å². The van der Waals surface area contributed by atoms with E-state index in [9.17, 15) is 13.2 Å². The second-order valence-electron chi connectivity index (χ2n) is 8.70. The Hall–Kier alpha value is -3.11. The highest BCUT2D eigenvalue weighted by Gasteiger charge is 2.31. The summed E-state index contributed by atoms with van der Waals surface area (Å²) in [4.78, 5) is 13.7. The summed E-state index contributed by atoms with van der Waals surface area (Å²) in [5.74, 6) is 0.717. The minimum atomic E-state index is -4.04. The summed E-state index contributed by atoms with van der Waals surface area (Å²) in [6.45, 7) is 5.47. The Morgan fingerprint density at radius 3 is 2.65 bits per heavy atom. The van der Waals surface area contributed by atoms with Crippen molar-refractivity contribution < 1.29 is 17.7 Å². The average Bonchev–Trinajstić information content (AvgIpc) is 3.34. The number of aryl methyl sites for hydroxylation is 1. The van der Waals surface area contributed by atoms with Crippen molar-refractivity contribution in [3.8, 4) is 5.75 Å². The van der Waals surface area contributed by atoms with Gasteiger partial charge in [-0.3, -0.25) is 4.57 Å². The van der Waals surface area contributed by atoms with Gasteiger partial charge in [-0.2, -0.15) is 16.7 Å². The predicted octanol–water partition coefficient (Wildman–Crippen LogP) is 3.67. The lowest BCUT2D eigenvalue weighted by atomic mass is 10.2. The first kappa shape index (κ1) is 22.7. The van der Waals surface area contributed by atoms with Gasteiger partial charge in [-0.05, 0) is 49.9 Å². The zero-order chi connectivity index (χ0) is 23.9. The number of rotatable bonds is 7. The van der Waals surface area contributed by atoms with Gasteiger partial charge in [0.15, 0.2) is 5.58 Å². The molecule has 0 radical (unpaired) electrons. The van der Waals surface area contributed by atoms with E-state index in [2.05, 4.69) is 5.16 Å². The second kappa shape index (κ2) is 8.92. The fraction of sp³-hybridized carbons (Fsp3) is 0.417. The van der Waals surface area contributed by atoms with Crippen LogP contribution in [0.3, 0.4) is 0 Å². The number of piperidine rings is 1. The number of hydrogen-bond acceptors (Lipinski definition) is 6. The number of benzene rings is 2. The van der Waals surface area contributed by atoms with Crippen LogP contribution in [-0.4, -0.2) is 46.1 Å². The van der Waals surface area contributed by atoms with E-state index in [1.54, 1.807) is 12.1 Å². The molecule has 9 nitrogen and oxygen atoms in total. The highest BCUT2D eigenvalue weighted by molar-refractivity contribution is 7.87. The van der Waals surface area contributed by atoms with Gasteiger partial charge >= 0.3 is 15.9 Å². The number of fused-ring (bicyclic) bond motifs is 2. The van der Waals surface area contributed by atoms with E-state index in [1.165, 1.54) is 8.87 Å². The summed E-state index contributed by atoms with van der Waals surface area (Å²) in [6.07, 6.45) is 3.43. The SMILES string of the molecule is CCCOc1cccc(Cn2c(=O)n(S(=O)(=O)N3CCCCC3)c3cc4onc(C)c4cc32)c1. The Balaban J connectivity index is 1.68. The first-order valence-corrected chi connectivity index (χ1v) is 13.0. The molecular formula is C24H28N4O5S. The minimum absolute atomic E-state index is 0.205. The summed E-state index contributed by atoms with van der Waals surface area (Å²) >= 11 is 0. The fourth-order valence-corrected chi connectivity index (χ4v) is 6.14. The smallest absolute Gasteiger partial charge is 0.344 e. The van der Waals surface area contributed by atoms with Crippen molar-refractivity contribution in [2.45, 2.75) is 46.1 Å². The molecule has 0 atom stereocenters. The standard InChI is InChI=1S/C24H28N4O5S/c1-3-12-32-19-9-7-8-18(13-19)16-27-21-14-20-17(2)25-33-23(20)15-22(21)28(24(27)29)34(30,31)26-10-5-4-6-11-26/h7-9,13-15H,3-6,10-12,16H2,1-2H3. The minimum Gasteiger partial charge on any atom is -0.494 e.